The van der Waals surface area contributed by atoms with Crippen LogP contribution in [0.15, 0.2) is 0 Å². The molecule has 1 heterocycles. The summed E-state index contributed by atoms with van der Waals surface area (Å²) in [6, 6.07) is 0.506. The molecular formula is C11H22N2O. The average molecular weight is 198 g/mol. The van der Waals surface area contributed by atoms with Crippen LogP contribution in [0.25, 0.3) is 0 Å². The monoisotopic (exact) mass is 198 g/mol. The van der Waals surface area contributed by atoms with E-state index >= 15 is 0 Å². The Bertz CT molecular complexity index is 194. The highest BCUT2D eigenvalue weighted by atomic mass is 16.2. The van der Waals surface area contributed by atoms with Gasteiger partial charge in [-0.2, -0.15) is 0 Å². The zero-order valence-electron chi connectivity index (χ0n) is 9.55. The van der Waals surface area contributed by atoms with E-state index < -0.39 is 0 Å². The first kappa shape index (κ1) is 11.3. The molecule has 0 spiro atoms. The Morgan fingerprint density at radius 2 is 2.21 bits per heavy atom. The fraction of sp³-hybridized carbons (Fsp3) is 0.909. The summed E-state index contributed by atoms with van der Waals surface area (Å²) < 4.78 is 0. The van der Waals surface area contributed by atoms with Gasteiger partial charge < -0.3 is 10.2 Å². The van der Waals surface area contributed by atoms with E-state index in [1.807, 2.05) is 4.90 Å². The number of hydrogen-bond donors (Lipinski definition) is 1. The lowest BCUT2D eigenvalue weighted by molar-refractivity contribution is 0.129. The lowest BCUT2D eigenvalue weighted by Crippen LogP contribution is -2.50. The molecule has 14 heavy (non-hydrogen) atoms. The number of carbonyl (C=O) groups is 1. The van der Waals surface area contributed by atoms with Gasteiger partial charge in [-0.3, -0.25) is 0 Å². The normalized spacial score (nSPS) is 27.5. The summed E-state index contributed by atoms with van der Waals surface area (Å²) in [6.45, 7) is 8.15. The van der Waals surface area contributed by atoms with Gasteiger partial charge in [0.2, 0.25) is 0 Å². The van der Waals surface area contributed by atoms with Crippen molar-refractivity contribution in [1.82, 2.24) is 10.2 Å². The molecule has 1 rings (SSSR count). The number of carbonyl (C=O) groups excluding carboxylic acids is 1. The molecule has 0 saturated carbocycles. The zero-order chi connectivity index (χ0) is 10.6. The zero-order valence-corrected chi connectivity index (χ0v) is 9.55. The maximum Gasteiger partial charge on any atom is 0.317 e. The van der Waals surface area contributed by atoms with Crippen molar-refractivity contribution in [2.24, 2.45) is 5.92 Å². The summed E-state index contributed by atoms with van der Waals surface area (Å²) in [5, 5.41) is 2.94. The fourth-order valence-electron chi connectivity index (χ4n) is 1.96. The molecule has 2 atom stereocenters. The van der Waals surface area contributed by atoms with E-state index in [9.17, 15) is 4.79 Å². The SMILES string of the molecule is CCCNC(=O)N1CCCC(C)C1C. The molecule has 0 aromatic carbocycles. The Morgan fingerprint density at radius 3 is 2.86 bits per heavy atom. The van der Waals surface area contributed by atoms with Crippen LogP contribution >= 0.6 is 0 Å². The van der Waals surface area contributed by atoms with Crippen LogP contribution in [0.5, 0.6) is 0 Å². The third-order valence-electron chi connectivity index (χ3n) is 3.16. The van der Waals surface area contributed by atoms with E-state index in [2.05, 4.69) is 26.1 Å². The van der Waals surface area contributed by atoms with Crippen LogP contribution in [-0.2, 0) is 0 Å². The van der Waals surface area contributed by atoms with Gasteiger partial charge in [-0.1, -0.05) is 13.8 Å². The molecule has 2 unspecified atom stereocenters. The summed E-state index contributed by atoms with van der Waals surface area (Å²) in [7, 11) is 0. The van der Waals surface area contributed by atoms with Crippen molar-refractivity contribution in [3.63, 3.8) is 0 Å². The highest BCUT2D eigenvalue weighted by Gasteiger charge is 2.27. The highest BCUT2D eigenvalue weighted by molar-refractivity contribution is 5.74. The molecule has 1 aliphatic heterocycles. The minimum atomic E-state index is 0.117. The topological polar surface area (TPSA) is 32.3 Å². The number of nitrogens with one attached hydrogen (secondary N) is 1. The molecule has 0 radical (unpaired) electrons. The second kappa shape index (κ2) is 5.23. The van der Waals surface area contributed by atoms with Gasteiger partial charge in [-0.25, -0.2) is 4.79 Å². The van der Waals surface area contributed by atoms with Gasteiger partial charge in [0.15, 0.2) is 0 Å². The predicted octanol–water partition coefficient (Wildman–Crippen LogP) is 2.23. The number of urea groups is 1. The summed E-state index contributed by atoms with van der Waals surface area (Å²) in [6.07, 6.45) is 3.40. The van der Waals surface area contributed by atoms with Gasteiger partial charge in [-0.05, 0) is 32.1 Å². The van der Waals surface area contributed by atoms with Crippen molar-refractivity contribution < 1.29 is 4.79 Å². The molecule has 2 amide bonds. The van der Waals surface area contributed by atoms with Crippen molar-refractivity contribution in [2.45, 2.75) is 46.1 Å². The van der Waals surface area contributed by atoms with Crippen LogP contribution < -0.4 is 5.32 Å². The van der Waals surface area contributed by atoms with Crippen LogP contribution in [0.4, 0.5) is 4.79 Å². The molecule has 3 heteroatoms. The van der Waals surface area contributed by atoms with Crippen molar-refractivity contribution in [3.05, 3.63) is 0 Å². The maximum absolute atomic E-state index is 11.7. The first-order valence-electron chi connectivity index (χ1n) is 5.71. The van der Waals surface area contributed by atoms with Crippen molar-refractivity contribution in [3.8, 4) is 0 Å². The number of likely N-dealkylation sites (tertiary alicyclic amines) is 1. The second-order valence-corrected chi connectivity index (χ2v) is 4.29. The Kier molecular flexibility index (Phi) is 4.23. The van der Waals surface area contributed by atoms with E-state index in [4.69, 9.17) is 0 Å². The van der Waals surface area contributed by atoms with E-state index in [-0.39, 0.29) is 6.03 Å². The Balaban J connectivity index is 2.44. The molecule has 1 aliphatic rings. The lowest BCUT2D eigenvalue weighted by Gasteiger charge is -2.37. The van der Waals surface area contributed by atoms with Gasteiger partial charge in [0.25, 0.3) is 0 Å². The Morgan fingerprint density at radius 1 is 1.50 bits per heavy atom. The number of amides is 2. The minimum absolute atomic E-state index is 0.117. The summed E-state index contributed by atoms with van der Waals surface area (Å²) in [5.74, 6) is 0.635. The van der Waals surface area contributed by atoms with Crippen molar-refractivity contribution in [2.75, 3.05) is 13.1 Å². The third-order valence-corrected chi connectivity index (χ3v) is 3.16. The molecule has 1 saturated heterocycles. The minimum Gasteiger partial charge on any atom is -0.338 e. The predicted molar refractivity (Wildman–Crippen MR) is 58.3 cm³/mol. The first-order valence-corrected chi connectivity index (χ1v) is 5.71. The number of nitrogens with zero attached hydrogens (tertiary/aromatic N) is 1. The maximum atomic E-state index is 11.7. The van der Waals surface area contributed by atoms with Crippen LogP contribution in [-0.4, -0.2) is 30.1 Å². The Labute approximate surface area is 86.9 Å². The van der Waals surface area contributed by atoms with Gasteiger partial charge in [-0.15, -0.1) is 0 Å². The quantitative estimate of drug-likeness (QED) is 0.725. The molecule has 3 nitrogen and oxygen atoms in total. The van der Waals surface area contributed by atoms with Gasteiger partial charge in [0.05, 0.1) is 0 Å². The molecule has 0 aromatic heterocycles. The van der Waals surface area contributed by atoms with Crippen molar-refractivity contribution in [1.29, 1.82) is 0 Å². The summed E-state index contributed by atoms with van der Waals surface area (Å²) in [4.78, 5) is 13.7. The molecular weight excluding hydrogens is 176 g/mol. The lowest BCUT2D eigenvalue weighted by atomic mass is 9.92. The van der Waals surface area contributed by atoms with E-state index in [0.29, 0.717) is 12.0 Å². The van der Waals surface area contributed by atoms with Crippen LogP contribution in [0.1, 0.15) is 40.0 Å². The Hall–Kier alpha value is -0.730. The van der Waals surface area contributed by atoms with Crippen molar-refractivity contribution >= 4 is 6.03 Å². The van der Waals surface area contributed by atoms with Crippen LogP contribution in [0.3, 0.4) is 0 Å². The molecule has 1 N–H and O–H groups in total. The number of piperidine rings is 1. The molecule has 1 fully saturated rings. The largest absolute Gasteiger partial charge is 0.338 e. The van der Waals surface area contributed by atoms with E-state index in [0.717, 1.165) is 25.9 Å². The van der Waals surface area contributed by atoms with Gasteiger partial charge in [0, 0.05) is 19.1 Å². The van der Waals surface area contributed by atoms with Gasteiger partial charge in [0.1, 0.15) is 0 Å². The van der Waals surface area contributed by atoms with E-state index in [1.54, 1.807) is 0 Å². The van der Waals surface area contributed by atoms with E-state index in [1.165, 1.54) is 6.42 Å². The number of hydrogen-bond acceptors (Lipinski definition) is 1. The average Bonchev–Trinajstić information content (AvgIpc) is 2.18. The molecule has 0 aliphatic carbocycles. The third kappa shape index (κ3) is 2.63. The molecule has 82 valence electrons. The molecule has 0 aromatic rings. The first-order chi connectivity index (χ1) is 6.66. The highest BCUT2D eigenvalue weighted by Crippen LogP contribution is 2.22. The number of rotatable bonds is 2. The standard InChI is InChI=1S/C11H22N2O/c1-4-7-12-11(14)13-8-5-6-9(2)10(13)3/h9-10H,4-8H2,1-3H3,(H,12,14). The second-order valence-electron chi connectivity index (χ2n) is 4.29. The smallest absolute Gasteiger partial charge is 0.317 e. The van der Waals surface area contributed by atoms with Gasteiger partial charge >= 0.3 is 6.03 Å². The van der Waals surface area contributed by atoms with Crippen LogP contribution in [0.2, 0.25) is 0 Å². The summed E-state index contributed by atoms with van der Waals surface area (Å²) >= 11 is 0. The van der Waals surface area contributed by atoms with Crippen LogP contribution in [0, 0.1) is 5.92 Å². The molecule has 0 bridgehead atoms. The summed E-state index contributed by atoms with van der Waals surface area (Å²) in [5.41, 5.74) is 0. The fourth-order valence-corrected chi connectivity index (χ4v) is 1.96.